The predicted octanol–water partition coefficient (Wildman–Crippen LogP) is 5.76. The number of nitrogens with one attached hydrogen (secondary N) is 1. The molecule has 5 rings (SSSR count). The Morgan fingerprint density at radius 1 is 1.03 bits per heavy atom. The van der Waals surface area contributed by atoms with Gasteiger partial charge in [0.25, 0.3) is 0 Å². The first-order valence-electron chi connectivity index (χ1n) is 11.2. The lowest BCUT2D eigenvalue weighted by atomic mass is 9.88. The molecule has 0 aromatic heterocycles. The molecular weight excluding hydrogens is 425 g/mol. The number of benzene rings is 2. The Bertz CT molecular complexity index is 1010. The number of aryl methyl sites for hydroxylation is 1. The number of alkyl halides is 3. The van der Waals surface area contributed by atoms with Gasteiger partial charge in [0.1, 0.15) is 17.8 Å². The summed E-state index contributed by atoms with van der Waals surface area (Å²) in [6.07, 6.45) is -1.36. The van der Waals surface area contributed by atoms with Crippen LogP contribution in [-0.2, 0) is 12.6 Å². The van der Waals surface area contributed by atoms with Crippen LogP contribution in [-0.4, -0.2) is 36.7 Å². The molecule has 0 amide bonds. The first-order valence-corrected chi connectivity index (χ1v) is 11.2. The Hall–Kier alpha value is -2.35. The fourth-order valence-corrected chi connectivity index (χ4v) is 5.54. The third-order valence-electron chi connectivity index (χ3n) is 7.16. The standard InChI is InChI=1S/C24H26F5N3/c1-14-2-3-17-10-18(25)12-21-23(17)32(14)22(30-21)13-31-8-6-15(7-9-31)16-4-5-20(26)19(11-16)24(27,28)29/h4-5,10-12,14-15,22,30H,2-3,6-9,13H2,1H3. The van der Waals surface area contributed by atoms with Crippen LogP contribution in [0.3, 0.4) is 0 Å². The van der Waals surface area contributed by atoms with Gasteiger partial charge in [0.15, 0.2) is 0 Å². The molecular formula is C24H26F5N3. The average Bonchev–Trinajstić information content (AvgIpc) is 3.09. The third kappa shape index (κ3) is 3.83. The van der Waals surface area contributed by atoms with Crippen molar-refractivity contribution in [2.75, 3.05) is 29.9 Å². The molecule has 3 heterocycles. The SMILES string of the molecule is CC1CCc2cc(F)cc3c2N1C(CN1CCC(c2ccc(F)c(C(F)(F)F)c2)CC1)N3. The number of piperidine rings is 1. The molecule has 2 unspecified atom stereocenters. The summed E-state index contributed by atoms with van der Waals surface area (Å²) < 4.78 is 66.9. The normalized spacial score (nSPS) is 23.9. The Labute approximate surface area is 184 Å². The van der Waals surface area contributed by atoms with E-state index >= 15 is 0 Å². The van der Waals surface area contributed by atoms with Crippen molar-refractivity contribution in [2.45, 2.75) is 56.9 Å². The Morgan fingerprint density at radius 3 is 2.50 bits per heavy atom. The molecule has 172 valence electrons. The maximum absolute atomic E-state index is 14.0. The van der Waals surface area contributed by atoms with Crippen molar-refractivity contribution >= 4 is 11.4 Å². The summed E-state index contributed by atoms with van der Waals surface area (Å²) in [7, 11) is 0. The van der Waals surface area contributed by atoms with Crippen LogP contribution in [0, 0.1) is 11.6 Å². The van der Waals surface area contributed by atoms with Gasteiger partial charge in [-0.2, -0.15) is 13.2 Å². The molecule has 3 aliphatic rings. The van der Waals surface area contributed by atoms with E-state index in [4.69, 9.17) is 0 Å². The smallest absolute Gasteiger partial charge is 0.362 e. The highest BCUT2D eigenvalue weighted by Crippen LogP contribution is 2.44. The fraction of sp³-hybridized carbons (Fsp3) is 0.500. The van der Waals surface area contributed by atoms with E-state index in [0.717, 1.165) is 74.4 Å². The van der Waals surface area contributed by atoms with Crippen LogP contribution in [0.4, 0.5) is 33.3 Å². The van der Waals surface area contributed by atoms with Crippen molar-refractivity contribution in [3.63, 3.8) is 0 Å². The highest BCUT2D eigenvalue weighted by molar-refractivity contribution is 5.80. The second-order valence-corrected chi connectivity index (χ2v) is 9.23. The maximum Gasteiger partial charge on any atom is 0.419 e. The van der Waals surface area contributed by atoms with Crippen molar-refractivity contribution in [3.05, 3.63) is 58.7 Å². The zero-order valence-corrected chi connectivity index (χ0v) is 17.9. The molecule has 32 heavy (non-hydrogen) atoms. The zero-order chi connectivity index (χ0) is 22.6. The van der Waals surface area contributed by atoms with Crippen molar-refractivity contribution in [3.8, 4) is 0 Å². The molecule has 0 radical (unpaired) electrons. The summed E-state index contributed by atoms with van der Waals surface area (Å²) in [4.78, 5) is 4.67. The van der Waals surface area contributed by atoms with Gasteiger partial charge < -0.3 is 10.2 Å². The predicted molar refractivity (Wildman–Crippen MR) is 114 cm³/mol. The molecule has 1 N–H and O–H groups in total. The van der Waals surface area contributed by atoms with Crippen LogP contribution >= 0.6 is 0 Å². The summed E-state index contributed by atoms with van der Waals surface area (Å²) in [5.74, 6) is -1.46. The highest BCUT2D eigenvalue weighted by Gasteiger charge is 2.39. The van der Waals surface area contributed by atoms with Crippen LogP contribution in [0.25, 0.3) is 0 Å². The number of likely N-dealkylation sites (tertiary alicyclic amines) is 1. The maximum atomic E-state index is 14.0. The van der Waals surface area contributed by atoms with Crippen LogP contribution in [0.2, 0.25) is 0 Å². The van der Waals surface area contributed by atoms with Gasteiger partial charge in [0.2, 0.25) is 0 Å². The van der Waals surface area contributed by atoms with E-state index in [2.05, 4.69) is 22.0 Å². The second-order valence-electron chi connectivity index (χ2n) is 9.23. The Balaban J connectivity index is 1.26. The van der Waals surface area contributed by atoms with Crippen molar-refractivity contribution in [2.24, 2.45) is 0 Å². The third-order valence-corrected chi connectivity index (χ3v) is 7.16. The molecule has 2 atom stereocenters. The number of hydrogen-bond donors (Lipinski definition) is 1. The van der Waals surface area contributed by atoms with Gasteiger partial charge >= 0.3 is 6.18 Å². The molecule has 2 aromatic carbocycles. The van der Waals surface area contributed by atoms with E-state index < -0.39 is 17.6 Å². The van der Waals surface area contributed by atoms with Crippen molar-refractivity contribution in [1.29, 1.82) is 0 Å². The molecule has 1 fully saturated rings. The summed E-state index contributed by atoms with van der Waals surface area (Å²) >= 11 is 0. The monoisotopic (exact) mass is 451 g/mol. The van der Waals surface area contributed by atoms with Crippen molar-refractivity contribution in [1.82, 2.24) is 4.90 Å². The van der Waals surface area contributed by atoms with Crippen LogP contribution in [0.1, 0.15) is 48.8 Å². The molecule has 8 heteroatoms. The van der Waals surface area contributed by atoms with E-state index in [-0.39, 0.29) is 17.9 Å². The van der Waals surface area contributed by atoms with Gasteiger partial charge in [0, 0.05) is 12.6 Å². The Kier molecular flexibility index (Phi) is 5.31. The number of rotatable bonds is 3. The number of hydrogen-bond acceptors (Lipinski definition) is 3. The van der Waals surface area contributed by atoms with Gasteiger partial charge in [-0.15, -0.1) is 0 Å². The van der Waals surface area contributed by atoms with Gasteiger partial charge in [-0.3, -0.25) is 4.90 Å². The largest absolute Gasteiger partial charge is 0.419 e. The van der Waals surface area contributed by atoms with E-state index in [1.165, 1.54) is 6.07 Å². The van der Waals surface area contributed by atoms with Gasteiger partial charge in [-0.1, -0.05) is 6.07 Å². The zero-order valence-electron chi connectivity index (χ0n) is 17.9. The summed E-state index contributed by atoms with van der Waals surface area (Å²) in [5, 5.41) is 3.49. The van der Waals surface area contributed by atoms with E-state index in [0.29, 0.717) is 11.6 Å². The first-order chi connectivity index (χ1) is 15.2. The average molecular weight is 451 g/mol. The lowest BCUT2D eigenvalue weighted by molar-refractivity contribution is -0.140. The summed E-state index contributed by atoms with van der Waals surface area (Å²) in [6.45, 7) is 4.45. The topological polar surface area (TPSA) is 18.5 Å². The number of nitrogens with zero attached hydrogens (tertiary/aromatic N) is 2. The second kappa shape index (κ2) is 7.90. The Morgan fingerprint density at radius 2 is 1.78 bits per heavy atom. The number of halogens is 5. The van der Waals surface area contributed by atoms with Gasteiger partial charge in [-0.05, 0) is 87.0 Å². The highest BCUT2D eigenvalue weighted by atomic mass is 19.4. The lowest BCUT2D eigenvalue weighted by Gasteiger charge is -2.40. The van der Waals surface area contributed by atoms with Crippen LogP contribution < -0.4 is 10.2 Å². The van der Waals surface area contributed by atoms with E-state index in [1.54, 1.807) is 12.1 Å². The first kappa shape index (κ1) is 21.5. The molecule has 3 nitrogen and oxygen atoms in total. The summed E-state index contributed by atoms with van der Waals surface area (Å²) in [5.41, 5.74) is 2.36. The molecule has 0 saturated carbocycles. The molecule has 2 aromatic rings. The molecule has 0 aliphatic carbocycles. The quantitative estimate of drug-likeness (QED) is 0.599. The van der Waals surface area contributed by atoms with Gasteiger partial charge in [-0.25, -0.2) is 8.78 Å². The molecule has 0 bridgehead atoms. The number of anilines is 2. The lowest BCUT2D eigenvalue weighted by Crippen LogP contribution is -2.51. The fourth-order valence-electron chi connectivity index (χ4n) is 5.54. The van der Waals surface area contributed by atoms with Crippen LogP contribution in [0.15, 0.2) is 30.3 Å². The summed E-state index contributed by atoms with van der Waals surface area (Å²) in [6, 6.07) is 6.92. The van der Waals surface area contributed by atoms with E-state index in [1.807, 2.05) is 0 Å². The minimum absolute atomic E-state index is 0.0173. The molecule has 0 spiro atoms. The van der Waals surface area contributed by atoms with Crippen LogP contribution in [0.5, 0.6) is 0 Å². The van der Waals surface area contributed by atoms with Gasteiger partial charge in [0.05, 0.1) is 16.9 Å². The molecule has 1 saturated heterocycles. The minimum atomic E-state index is -4.69. The van der Waals surface area contributed by atoms with E-state index in [9.17, 15) is 22.0 Å². The minimum Gasteiger partial charge on any atom is -0.362 e. The molecule has 3 aliphatic heterocycles. The van der Waals surface area contributed by atoms with Crippen molar-refractivity contribution < 1.29 is 22.0 Å².